The number of β-amino-alcohol motifs (C(OH)–C–C–N with tert-alkyl or cyclic N) is 1. The molecule has 0 aromatic heterocycles. The average molecular weight is 171 g/mol. The van der Waals surface area contributed by atoms with Gasteiger partial charge in [-0.1, -0.05) is 6.08 Å². The van der Waals surface area contributed by atoms with E-state index in [9.17, 15) is 4.79 Å². The second-order valence-electron chi connectivity index (χ2n) is 2.94. The predicted molar refractivity (Wildman–Crippen MR) is 43.8 cm³/mol. The molecule has 0 aliphatic carbocycles. The van der Waals surface area contributed by atoms with Gasteiger partial charge in [0.15, 0.2) is 0 Å². The van der Waals surface area contributed by atoms with Gasteiger partial charge in [-0.2, -0.15) is 0 Å². The summed E-state index contributed by atoms with van der Waals surface area (Å²) in [5.74, 6) is -0.922. The molecule has 2 N–H and O–H groups in total. The second-order valence-corrected chi connectivity index (χ2v) is 2.94. The number of nitrogens with zero attached hydrogens (tertiary/aromatic N) is 1. The van der Waals surface area contributed by atoms with E-state index in [1.165, 1.54) is 0 Å². The molecule has 12 heavy (non-hydrogen) atoms. The summed E-state index contributed by atoms with van der Waals surface area (Å²) in [6.07, 6.45) is 3.29. The normalized spacial score (nSPS) is 25.2. The monoisotopic (exact) mass is 171 g/mol. The van der Waals surface area contributed by atoms with Crippen LogP contribution in [0.2, 0.25) is 0 Å². The van der Waals surface area contributed by atoms with Crippen LogP contribution < -0.4 is 0 Å². The largest absolute Gasteiger partial charge is 0.478 e. The zero-order chi connectivity index (χ0) is 8.97. The fourth-order valence-electron chi connectivity index (χ4n) is 1.28. The molecular weight excluding hydrogens is 158 g/mol. The first-order valence-electron chi connectivity index (χ1n) is 3.98. The first kappa shape index (κ1) is 9.22. The number of carboxylic acids is 1. The molecular formula is C8H13NO3. The van der Waals surface area contributed by atoms with Crippen molar-refractivity contribution in [2.45, 2.75) is 12.5 Å². The second kappa shape index (κ2) is 4.23. The lowest BCUT2D eigenvalue weighted by Gasteiger charge is -2.10. The molecule has 4 nitrogen and oxygen atoms in total. The molecule has 0 radical (unpaired) electrons. The van der Waals surface area contributed by atoms with E-state index in [0.29, 0.717) is 13.1 Å². The van der Waals surface area contributed by atoms with Crippen molar-refractivity contribution in [3.05, 3.63) is 12.2 Å². The first-order valence-corrected chi connectivity index (χ1v) is 3.98. The molecule has 1 aliphatic rings. The minimum absolute atomic E-state index is 0.233. The summed E-state index contributed by atoms with van der Waals surface area (Å²) in [6.45, 7) is 2.12. The Hall–Kier alpha value is -0.870. The van der Waals surface area contributed by atoms with Gasteiger partial charge in [-0.15, -0.1) is 0 Å². The van der Waals surface area contributed by atoms with Crippen LogP contribution in [0, 0.1) is 0 Å². The third-order valence-electron chi connectivity index (χ3n) is 1.87. The lowest BCUT2D eigenvalue weighted by atomic mass is 10.3. The van der Waals surface area contributed by atoms with Crippen molar-refractivity contribution in [1.29, 1.82) is 0 Å². The molecule has 1 aliphatic heterocycles. The molecule has 1 unspecified atom stereocenters. The average Bonchev–Trinajstić information content (AvgIpc) is 2.35. The van der Waals surface area contributed by atoms with Crippen molar-refractivity contribution in [1.82, 2.24) is 4.90 Å². The van der Waals surface area contributed by atoms with Crippen molar-refractivity contribution in [2.75, 3.05) is 19.6 Å². The molecule has 1 rings (SSSR count). The molecule has 68 valence electrons. The van der Waals surface area contributed by atoms with Crippen LogP contribution in [0.5, 0.6) is 0 Å². The van der Waals surface area contributed by atoms with Crippen LogP contribution in [0.15, 0.2) is 12.2 Å². The van der Waals surface area contributed by atoms with E-state index in [0.717, 1.165) is 19.0 Å². The van der Waals surface area contributed by atoms with Gasteiger partial charge in [0, 0.05) is 25.7 Å². The number of hydrogen-bond acceptors (Lipinski definition) is 3. The van der Waals surface area contributed by atoms with Gasteiger partial charge >= 0.3 is 5.97 Å². The molecule has 0 aromatic carbocycles. The Balaban J connectivity index is 2.20. The van der Waals surface area contributed by atoms with Crippen LogP contribution in [0.25, 0.3) is 0 Å². The fraction of sp³-hybridized carbons (Fsp3) is 0.625. The maximum absolute atomic E-state index is 10.1. The maximum Gasteiger partial charge on any atom is 0.328 e. The van der Waals surface area contributed by atoms with Crippen LogP contribution >= 0.6 is 0 Å². The van der Waals surface area contributed by atoms with Crippen molar-refractivity contribution in [3.63, 3.8) is 0 Å². The summed E-state index contributed by atoms with van der Waals surface area (Å²) in [7, 11) is 0. The molecule has 4 heteroatoms. The van der Waals surface area contributed by atoms with E-state index in [4.69, 9.17) is 10.2 Å². The van der Waals surface area contributed by atoms with Gasteiger partial charge in [-0.05, 0) is 6.42 Å². The minimum atomic E-state index is -0.922. The van der Waals surface area contributed by atoms with Crippen LogP contribution in [-0.2, 0) is 4.79 Å². The quantitative estimate of drug-likeness (QED) is 0.572. The highest BCUT2D eigenvalue weighted by Gasteiger charge is 2.18. The Morgan fingerprint density at radius 2 is 2.42 bits per heavy atom. The summed E-state index contributed by atoms with van der Waals surface area (Å²) in [5.41, 5.74) is 0. The Morgan fingerprint density at radius 1 is 1.67 bits per heavy atom. The summed E-state index contributed by atoms with van der Waals surface area (Å²) < 4.78 is 0. The molecule has 1 saturated heterocycles. The highest BCUT2D eigenvalue weighted by molar-refractivity contribution is 5.79. The van der Waals surface area contributed by atoms with Gasteiger partial charge in [0.05, 0.1) is 6.10 Å². The van der Waals surface area contributed by atoms with Crippen molar-refractivity contribution >= 4 is 5.97 Å². The highest BCUT2D eigenvalue weighted by atomic mass is 16.4. The van der Waals surface area contributed by atoms with Crippen molar-refractivity contribution in [3.8, 4) is 0 Å². The molecule has 0 saturated carbocycles. The summed E-state index contributed by atoms with van der Waals surface area (Å²) in [6, 6.07) is 0. The molecule has 1 atom stereocenters. The number of rotatable bonds is 3. The Kier molecular flexibility index (Phi) is 3.25. The predicted octanol–water partition coefficient (Wildman–Crippen LogP) is -0.306. The Labute approximate surface area is 71.1 Å². The molecule has 0 spiro atoms. The minimum Gasteiger partial charge on any atom is -0.478 e. The topological polar surface area (TPSA) is 60.8 Å². The third-order valence-corrected chi connectivity index (χ3v) is 1.87. The third kappa shape index (κ3) is 3.02. The molecule has 0 aromatic rings. The lowest BCUT2D eigenvalue weighted by Crippen LogP contribution is -2.22. The smallest absolute Gasteiger partial charge is 0.328 e. The van der Waals surface area contributed by atoms with E-state index < -0.39 is 5.97 Å². The number of carboxylic acid groups (broad SMARTS) is 1. The van der Waals surface area contributed by atoms with E-state index in [1.54, 1.807) is 6.08 Å². The van der Waals surface area contributed by atoms with Gasteiger partial charge in [0.1, 0.15) is 0 Å². The van der Waals surface area contributed by atoms with Crippen molar-refractivity contribution < 1.29 is 15.0 Å². The van der Waals surface area contributed by atoms with Crippen LogP contribution in [0.4, 0.5) is 0 Å². The van der Waals surface area contributed by atoms with Crippen LogP contribution in [0.1, 0.15) is 6.42 Å². The zero-order valence-electron chi connectivity index (χ0n) is 6.81. The number of aliphatic carboxylic acids is 1. The number of hydrogen-bond donors (Lipinski definition) is 2. The number of aliphatic hydroxyl groups is 1. The summed E-state index contributed by atoms with van der Waals surface area (Å²) in [5, 5.41) is 17.4. The highest BCUT2D eigenvalue weighted by Crippen LogP contribution is 2.07. The van der Waals surface area contributed by atoms with Crippen LogP contribution in [-0.4, -0.2) is 46.8 Å². The van der Waals surface area contributed by atoms with E-state index in [1.807, 2.05) is 4.90 Å². The van der Waals surface area contributed by atoms with Gasteiger partial charge in [-0.3, -0.25) is 4.90 Å². The first-order chi connectivity index (χ1) is 5.68. The Bertz CT molecular complexity index is 191. The molecule has 1 heterocycles. The number of aliphatic hydroxyl groups excluding tert-OH is 1. The number of carbonyl (C=O) groups is 1. The summed E-state index contributed by atoms with van der Waals surface area (Å²) in [4.78, 5) is 12.1. The standard InChI is InChI=1S/C8H13NO3/c10-7-3-5-9(6-7)4-1-2-8(11)12/h1-2,7,10H,3-6H2,(H,11,12). The van der Waals surface area contributed by atoms with Gasteiger partial charge in [0.2, 0.25) is 0 Å². The fourth-order valence-corrected chi connectivity index (χ4v) is 1.28. The maximum atomic E-state index is 10.1. The van der Waals surface area contributed by atoms with Crippen molar-refractivity contribution in [2.24, 2.45) is 0 Å². The van der Waals surface area contributed by atoms with E-state index in [2.05, 4.69) is 0 Å². The van der Waals surface area contributed by atoms with Gasteiger partial charge in [0.25, 0.3) is 0 Å². The lowest BCUT2D eigenvalue weighted by molar-refractivity contribution is -0.131. The van der Waals surface area contributed by atoms with Gasteiger partial charge in [-0.25, -0.2) is 4.79 Å². The summed E-state index contributed by atoms with van der Waals surface area (Å²) >= 11 is 0. The number of likely N-dealkylation sites (tertiary alicyclic amines) is 1. The van der Waals surface area contributed by atoms with Gasteiger partial charge < -0.3 is 10.2 Å². The Morgan fingerprint density at radius 3 is 2.92 bits per heavy atom. The molecule has 0 bridgehead atoms. The SMILES string of the molecule is O=C(O)C=CCN1CCC(O)C1. The molecule has 1 fully saturated rings. The van der Waals surface area contributed by atoms with E-state index >= 15 is 0 Å². The zero-order valence-corrected chi connectivity index (χ0v) is 6.81. The molecule has 0 amide bonds. The van der Waals surface area contributed by atoms with E-state index in [-0.39, 0.29) is 6.10 Å². The van der Waals surface area contributed by atoms with Crippen LogP contribution in [0.3, 0.4) is 0 Å².